The number of hydrogen-bond donors (Lipinski definition) is 3. The first kappa shape index (κ1) is 17.5. The molecule has 0 aliphatic rings. The lowest BCUT2D eigenvalue weighted by Crippen LogP contribution is -1.99. The number of rotatable bonds is 4. The molecular formula is C14H12Cl2N6O2S. The highest BCUT2D eigenvalue weighted by Gasteiger charge is 2.15. The largest absolute Gasteiger partial charge is 0.368 e. The van der Waals surface area contributed by atoms with E-state index in [2.05, 4.69) is 25.5 Å². The second kappa shape index (κ2) is 6.51. The summed E-state index contributed by atoms with van der Waals surface area (Å²) < 4.78 is 23.4. The van der Waals surface area contributed by atoms with Gasteiger partial charge >= 0.3 is 0 Å². The zero-order valence-electron chi connectivity index (χ0n) is 12.8. The molecule has 8 nitrogen and oxygen atoms in total. The van der Waals surface area contributed by atoms with Gasteiger partial charge in [0, 0.05) is 35.5 Å². The van der Waals surface area contributed by atoms with Crippen molar-refractivity contribution in [1.29, 1.82) is 0 Å². The first-order valence-corrected chi connectivity index (χ1v) is 9.48. The first-order valence-electron chi connectivity index (χ1n) is 6.83. The van der Waals surface area contributed by atoms with E-state index < -0.39 is 9.84 Å². The summed E-state index contributed by atoms with van der Waals surface area (Å²) in [7, 11) is -3.40. The van der Waals surface area contributed by atoms with Crippen LogP contribution in [-0.4, -0.2) is 34.8 Å². The van der Waals surface area contributed by atoms with E-state index in [4.69, 9.17) is 28.9 Å². The number of aromatic amines is 1. The summed E-state index contributed by atoms with van der Waals surface area (Å²) in [5.41, 5.74) is 6.98. The van der Waals surface area contributed by atoms with Gasteiger partial charge in [-0.3, -0.25) is 4.98 Å². The number of sulfone groups is 1. The van der Waals surface area contributed by atoms with Gasteiger partial charge in [0.15, 0.2) is 9.84 Å². The number of hydrogen-bond acceptors (Lipinski definition) is 7. The number of nitrogens with one attached hydrogen (secondary N) is 2. The Morgan fingerprint density at radius 1 is 1.16 bits per heavy atom. The van der Waals surface area contributed by atoms with Gasteiger partial charge in [-0.25, -0.2) is 13.5 Å². The van der Waals surface area contributed by atoms with Crippen LogP contribution in [0.4, 0.5) is 17.6 Å². The molecule has 0 amide bonds. The highest BCUT2D eigenvalue weighted by Crippen LogP contribution is 2.38. The highest BCUT2D eigenvalue weighted by atomic mass is 35.5. The second-order valence-corrected chi connectivity index (χ2v) is 8.00. The number of nitrogens with two attached hydrogens (primary N) is 1. The van der Waals surface area contributed by atoms with E-state index in [0.29, 0.717) is 26.9 Å². The molecule has 3 aromatic rings. The van der Waals surface area contributed by atoms with Crippen LogP contribution in [0.25, 0.3) is 11.1 Å². The van der Waals surface area contributed by atoms with E-state index in [1.165, 1.54) is 18.5 Å². The molecule has 0 spiro atoms. The molecule has 0 unspecified atom stereocenters. The molecule has 0 atom stereocenters. The summed E-state index contributed by atoms with van der Waals surface area (Å²) in [5, 5.41) is 9.88. The van der Waals surface area contributed by atoms with Gasteiger partial charge in [0.05, 0.1) is 14.9 Å². The molecule has 0 saturated carbocycles. The highest BCUT2D eigenvalue weighted by molar-refractivity contribution is 7.90. The fourth-order valence-electron chi connectivity index (χ4n) is 2.14. The Balaban J connectivity index is 2.01. The molecule has 11 heteroatoms. The summed E-state index contributed by atoms with van der Waals surface area (Å²) in [4.78, 5) is 7.95. The Kier molecular flexibility index (Phi) is 4.55. The third-order valence-electron chi connectivity index (χ3n) is 3.23. The van der Waals surface area contributed by atoms with E-state index in [1.54, 1.807) is 12.1 Å². The number of nitrogen functional groups attached to an aromatic ring is 1. The lowest BCUT2D eigenvalue weighted by Gasteiger charge is -2.11. The molecule has 3 rings (SSSR count). The van der Waals surface area contributed by atoms with Gasteiger partial charge in [-0.05, 0) is 18.2 Å². The minimum absolute atomic E-state index is 0.0792. The van der Waals surface area contributed by atoms with E-state index in [0.717, 1.165) is 6.26 Å². The van der Waals surface area contributed by atoms with Crippen molar-refractivity contribution in [2.45, 2.75) is 4.90 Å². The Bertz CT molecular complexity index is 1030. The maximum absolute atomic E-state index is 11.7. The van der Waals surface area contributed by atoms with Crippen molar-refractivity contribution < 1.29 is 8.42 Å². The van der Waals surface area contributed by atoms with Crippen LogP contribution in [0.2, 0.25) is 10.0 Å². The minimum atomic E-state index is -3.40. The molecule has 0 bridgehead atoms. The molecule has 0 aliphatic heterocycles. The summed E-state index contributed by atoms with van der Waals surface area (Å²) in [6.45, 7) is 0. The third-order valence-corrected chi connectivity index (χ3v) is 4.91. The van der Waals surface area contributed by atoms with Crippen LogP contribution >= 0.6 is 23.2 Å². The summed E-state index contributed by atoms with van der Waals surface area (Å²) in [6.07, 6.45) is 3.86. The molecule has 0 fully saturated rings. The van der Waals surface area contributed by atoms with Crippen molar-refractivity contribution in [3.05, 3.63) is 40.6 Å². The van der Waals surface area contributed by atoms with Crippen LogP contribution in [-0.2, 0) is 9.84 Å². The van der Waals surface area contributed by atoms with Gasteiger partial charge in [-0.1, -0.05) is 23.2 Å². The number of anilines is 3. The lowest BCUT2D eigenvalue weighted by atomic mass is 10.1. The number of pyridine rings is 1. The molecule has 2 heterocycles. The van der Waals surface area contributed by atoms with E-state index in [1.807, 2.05) is 0 Å². The maximum Gasteiger partial charge on any atom is 0.248 e. The second-order valence-electron chi connectivity index (χ2n) is 5.17. The average molecular weight is 399 g/mol. The van der Waals surface area contributed by atoms with Crippen LogP contribution in [0.15, 0.2) is 35.5 Å². The zero-order chi connectivity index (χ0) is 18.2. The molecule has 0 saturated heterocycles. The zero-order valence-corrected chi connectivity index (χ0v) is 15.1. The number of aromatic nitrogens is 4. The smallest absolute Gasteiger partial charge is 0.248 e. The fourth-order valence-corrected chi connectivity index (χ4v) is 3.44. The van der Waals surface area contributed by atoms with Crippen molar-refractivity contribution >= 4 is 50.6 Å². The molecule has 130 valence electrons. The summed E-state index contributed by atoms with van der Waals surface area (Å²) >= 11 is 12.7. The summed E-state index contributed by atoms with van der Waals surface area (Å²) in [6, 6.07) is 4.70. The number of H-pyrrole nitrogens is 1. The van der Waals surface area contributed by atoms with Gasteiger partial charge in [0.25, 0.3) is 0 Å². The van der Waals surface area contributed by atoms with Crippen LogP contribution in [0.3, 0.4) is 0 Å². The van der Waals surface area contributed by atoms with Crippen molar-refractivity contribution in [2.75, 3.05) is 17.3 Å². The van der Waals surface area contributed by atoms with Crippen molar-refractivity contribution in [2.24, 2.45) is 0 Å². The van der Waals surface area contributed by atoms with Crippen molar-refractivity contribution in [3.8, 4) is 11.1 Å². The van der Waals surface area contributed by atoms with Gasteiger partial charge in [0.1, 0.15) is 0 Å². The Labute approximate surface area is 153 Å². The summed E-state index contributed by atoms with van der Waals surface area (Å²) in [5.74, 6) is 0.429. The van der Waals surface area contributed by atoms with Crippen molar-refractivity contribution in [3.63, 3.8) is 0 Å². The molecule has 2 aromatic heterocycles. The molecular weight excluding hydrogens is 387 g/mol. The van der Waals surface area contributed by atoms with Gasteiger partial charge < -0.3 is 11.1 Å². The quantitative estimate of drug-likeness (QED) is 0.616. The Hall–Kier alpha value is -2.36. The predicted molar refractivity (Wildman–Crippen MR) is 96.9 cm³/mol. The minimum Gasteiger partial charge on any atom is -0.368 e. The van der Waals surface area contributed by atoms with Gasteiger partial charge in [-0.15, -0.1) is 5.10 Å². The number of halogens is 2. The van der Waals surface area contributed by atoms with Crippen LogP contribution in [0.1, 0.15) is 0 Å². The van der Waals surface area contributed by atoms with Crippen molar-refractivity contribution in [1.82, 2.24) is 20.2 Å². The van der Waals surface area contributed by atoms with E-state index >= 15 is 0 Å². The topological polar surface area (TPSA) is 127 Å². The molecule has 4 N–H and O–H groups in total. The van der Waals surface area contributed by atoms with Crippen LogP contribution < -0.4 is 11.1 Å². The fraction of sp³-hybridized carbons (Fsp3) is 0.0714. The molecule has 25 heavy (non-hydrogen) atoms. The Morgan fingerprint density at radius 3 is 2.40 bits per heavy atom. The first-order chi connectivity index (χ1) is 11.7. The third kappa shape index (κ3) is 3.84. The van der Waals surface area contributed by atoms with E-state index in [9.17, 15) is 8.42 Å². The van der Waals surface area contributed by atoms with Crippen LogP contribution in [0.5, 0.6) is 0 Å². The van der Waals surface area contributed by atoms with Gasteiger partial charge in [-0.2, -0.15) is 4.98 Å². The SMILES string of the molecule is CS(=O)(=O)c1cncc(-c2c(Cl)cc(Nc3n[nH]c(N)n3)cc2Cl)c1. The number of nitrogens with zero attached hydrogens (tertiary/aromatic N) is 3. The van der Waals surface area contributed by atoms with Gasteiger partial charge in [0.2, 0.25) is 11.9 Å². The average Bonchev–Trinajstić information content (AvgIpc) is 2.91. The molecule has 1 aromatic carbocycles. The standard InChI is InChI=1S/C14H12Cl2N6O2S/c1-25(23,24)9-2-7(5-18-6-9)12-10(15)3-8(4-11(12)16)19-14-20-13(17)21-22-14/h2-6H,1H3,(H4,17,19,20,21,22). The molecule has 0 aliphatic carbocycles. The van der Waals surface area contributed by atoms with Crippen LogP contribution in [0, 0.1) is 0 Å². The Morgan fingerprint density at radius 2 is 1.84 bits per heavy atom. The monoisotopic (exact) mass is 398 g/mol. The molecule has 0 radical (unpaired) electrons. The number of benzene rings is 1. The van der Waals surface area contributed by atoms with E-state index in [-0.39, 0.29) is 16.8 Å². The maximum atomic E-state index is 11.7. The lowest BCUT2D eigenvalue weighted by molar-refractivity contribution is 0.601. The normalized spacial score (nSPS) is 11.5. The predicted octanol–water partition coefficient (Wildman–Crippen LogP) is 2.90.